The first-order valence-electron chi connectivity index (χ1n) is 6.87. The predicted molar refractivity (Wildman–Crippen MR) is 74.0 cm³/mol. The van der Waals surface area contributed by atoms with Gasteiger partial charge in [0.15, 0.2) is 6.29 Å². The molecule has 0 aliphatic carbocycles. The molecule has 0 bridgehead atoms. The normalized spacial score (nSPS) is 19.6. The molecular weight excluding hydrogens is 258 g/mol. The van der Waals surface area contributed by atoms with E-state index in [9.17, 15) is 9.90 Å². The van der Waals surface area contributed by atoms with E-state index in [0.717, 1.165) is 24.8 Å². The highest BCUT2D eigenvalue weighted by molar-refractivity contribution is 5.86. The minimum absolute atomic E-state index is 0.178. The van der Waals surface area contributed by atoms with Crippen LogP contribution in [0.1, 0.15) is 38.7 Å². The van der Waals surface area contributed by atoms with Crippen LogP contribution in [0.15, 0.2) is 24.3 Å². The minimum Gasteiger partial charge on any atom is -0.508 e. The average molecular weight is 279 g/mol. The van der Waals surface area contributed by atoms with Crippen molar-refractivity contribution in [2.75, 3.05) is 6.61 Å². The van der Waals surface area contributed by atoms with Gasteiger partial charge >= 0.3 is 0 Å². The van der Waals surface area contributed by atoms with Gasteiger partial charge in [0, 0.05) is 13.0 Å². The maximum absolute atomic E-state index is 12.2. The fraction of sp³-hybridized carbons (Fsp3) is 0.533. The van der Waals surface area contributed by atoms with E-state index in [1.165, 1.54) is 0 Å². The minimum atomic E-state index is -0.748. The van der Waals surface area contributed by atoms with E-state index in [1.807, 2.05) is 0 Å². The maximum Gasteiger partial charge on any atom is 0.253 e. The first kappa shape index (κ1) is 14.8. The summed E-state index contributed by atoms with van der Waals surface area (Å²) in [5, 5.41) is 9.29. The van der Waals surface area contributed by atoms with Crippen molar-refractivity contribution in [2.24, 2.45) is 0 Å². The lowest BCUT2D eigenvalue weighted by atomic mass is 9.84. The Kier molecular flexibility index (Phi) is 4.62. The number of nitrogens with one attached hydrogen (secondary N) is 1. The summed E-state index contributed by atoms with van der Waals surface area (Å²) in [6.45, 7) is 4.28. The number of benzene rings is 1. The van der Waals surface area contributed by atoms with Crippen LogP contribution >= 0.6 is 0 Å². The number of amides is 1. The molecule has 0 saturated carbocycles. The molecule has 0 spiro atoms. The lowest BCUT2D eigenvalue weighted by Gasteiger charge is -2.27. The summed E-state index contributed by atoms with van der Waals surface area (Å²) in [6.07, 6.45) is 2.51. The van der Waals surface area contributed by atoms with Gasteiger partial charge in [0.1, 0.15) is 5.75 Å². The number of carbonyl (C=O) groups is 1. The first-order valence-corrected chi connectivity index (χ1v) is 6.87. The zero-order valence-corrected chi connectivity index (χ0v) is 11.9. The highest BCUT2D eigenvalue weighted by atomic mass is 16.8. The van der Waals surface area contributed by atoms with Crippen LogP contribution in [0, 0.1) is 0 Å². The number of phenols is 1. The van der Waals surface area contributed by atoms with E-state index >= 15 is 0 Å². The Labute approximate surface area is 118 Å². The lowest BCUT2D eigenvalue weighted by molar-refractivity contribution is -0.202. The highest BCUT2D eigenvalue weighted by Gasteiger charge is 2.31. The number of hydroxylamine groups is 1. The molecule has 1 atom stereocenters. The summed E-state index contributed by atoms with van der Waals surface area (Å²) in [5.41, 5.74) is 2.54. The van der Waals surface area contributed by atoms with E-state index in [2.05, 4.69) is 5.48 Å². The molecule has 20 heavy (non-hydrogen) atoms. The zero-order valence-electron chi connectivity index (χ0n) is 11.9. The zero-order chi connectivity index (χ0) is 14.6. The van der Waals surface area contributed by atoms with Crippen molar-refractivity contribution in [1.82, 2.24) is 5.48 Å². The number of aromatic hydroxyl groups is 1. The van der Waals surface area contributed by atoms with Gasteiger partial charge in [-0.3, -0.25) is 4.79 Å². The van der Waals surface area contributed by atoms with Gasteiger partial charge < -0.3 is 9.84 Å². The van der Waals surface area contributed by atoms with Gasteiger partial charge in [-0.25, -0.2) is 10.3 Å². The van der Waals surface area contributed by atoms with E-state index in [0.29, 0.717) is 6.61 Å². The van der Waals surface area contributed by atoms with Crippen molar-refractivity contribution in [3.63, 3.8) is 0 Å². The molecule has 1 fully saturated rings. The molecule has 5 nitrogen and oxygen atoms in total. The number of ether oxygens (including phenoxy) is 1. The van der Waals surface area contributed by atoms with Crippen molar-refractivity contribution in [3.8, 4) is 5.75 Å². The fourth-order valence-corrected chi connectivity index (χ4v) is 2.06. The Bertz CT molecular complexity index is 449. The summed E-state index contributed by atoms with van der Waals surface area (Å²) < 4.78 is 5.39. The Hall–Kier alpha value is -1.59. The number of carbonyl (C=O) groups excluding carboxylic acids is 1. The molecule has 1 amide bonds. The second kappa shape index (κ2) is 6.24. The van der Waals surface area contributed by atoms with Crippen LogP contribution in [-0.4, -0.2) is 23.9 Å². The lowest BCUT2D eigenvalue weighted by Crippen LogP contribution is -2.42. The largest absolute Gasteiger partial charge is 0.508 e. The van der Waals surface area contributed by atoms with Gasteiger partial charge in [-0.1, -0.05) is 12.1 Å². The van der Waals surface area contributed by atoms with Crippen LogP contribution in [0.25, 0.3) is 0 Å². The smallest absolute Gasteiger partial charge is 0.253 e. The molecular formula is C15H21NO4. The highest BCUT2D eigenvalue weighted by Crippen LogP contribution is 2.25. The van der Waals surface area contributed by atoms with Crippen LogP contribution < -0.4 is 5.48 Å². The van der Waals surface area contributed by atoms with E-state index in [-0.39, 0.29) is 17.9 Å². The summed E-state index contributed by atoms with van der Waals surface area (Å²) in [4.78, 5) is 17.5. The van der Waals surface area contributed by atoms with Gasteiger partial charge in [-0.15, -0.1) is 0 Å². The summed E-state index contributed by atoms with van der Waals surface area (Å²) in [7, 11) is 0. The Morgan fingerprint density at radius 3 is 2.65 bits per heavy atom. The topological polar surface area (TPSA) is 67.8 Å². The predicted octanol–water partition coefficient (Wildman–Crippen LogP) is 2.24. The molecule has 1 aromatic carbocycles. The van der Waals surface area contributed by atoms with Crippen molar-refractivity contribution in [2.45, 2.75) is 44.8 Å². The van der Waals surface area contributed by atoms with Gasteiger partial charge in [0.2, 0.25) is 0 Å². The second-order valence-corrected chi connectivity index (χ2v) is 5.52. The standard InChI is InChI=1S/C15H21NO4/c1-15(2,11-6-8-12(17)9-7-11)14(18)16-20-13-5-3-4-10-19-13/h6-9,13,17H,3-5,10H2,1-2H3,(H,16,18). The Balaban J connectivity index is 1.94. The SMILES string of the molecule is CC(C)(C(=O)NOC1CCCCO1)c1ccc(O)cc1. The van der Waals surface area contributed by atoms with Gasteiger partial charge in [-0.2, -0.15) is 0 Å². The monoisotopic (exact) mass is 279 g/mol. The van der Waals surface area contributed by atoms with Crippen molar-refractivity contribution in [1.29, 1.82) is 0 Å². The third-order valence-electron chi connectivity index (χ3n) is 3.58. The van der Waals surface area contributed by atoms with E-state index in [1.54, 1.807) is 38.1 Å². The fourth-order valence-electron chi connectivity index (χ4n) is 2.06. The summed E-state index contributed by atoms with van der Waals surface area (Å²) in [6, 6.07) is 6.59. The third-order valence-corrected chi connectivity index (χ3v) is 3.58. The molecule has 5 heteroatoms. The van der Waals surface area contributed by atoms with Crippen molar-refractivity contribution >= 4 is 5.91 Å². The van der Waals surface area contributed by atoms with Gasteiger partial charge in [-0.05, 0) is 44.4 Å². The van der Waals surface area contributed by atoms with E-state index in [4.69, 9.17) is 9.57 Å². The van der Waals surface area contributed by atoms with Gasteiger partial charge in [0.25, 0.3) is 5.91 Å². The van der Waals surface area contributed by atoms with E-state index < -0.39 is 5.41 Å². The molecule has 1 unspecified atom stereocenters. The van der Waals surface area contributed by atoms with Crippen LogP contribution in [0.4, 0.5) is 0 Å². The van der Waals surface area contributed by atoms with Crippen LogP contribution in [0.2, 0.25) is 0 Å². The average Bonchev–Trinajstić information content (AvgIpc) is 2.46. The molecule has 2 N–H and O–H groups in total. The summed E-state index contributed by atoms with van der Waals surface area (Å²) in [5.74, 6) is -0.0609. The van der Waals surface area contributed by atoms with Crippen LogP contribution in [0.5, 0.6) is 5.75 Å². The molecule has 2 rings (SSSR count). The molecule has 1 aliphatic heterocycles. The molecule has 1 heterocycles. The number of rotatable bonds is 4. The number of hydrogen-bond donors (Lipinski definition) is 2. The summed E-state index contributed by atoms with van der Waals surface area (Å²) >= 11 is 0. The quantitative estimate of drug-likeness (QED) is 0.829. The molecule has 110 valence electrons. The van der Waals surface area contributed by atoms with Crippen LogP contribution in [-0.2, 0) is 19.8 Å². The Morgan fingerprint density at radius 2 is 2.05 bits per heavy atom. The molecule has 1 aromatic rings. The van der Waals surface area contributed by atoms with Crippen LogP contribution in [0.3, 0.4) is 0 Å². The molecule has 0 aromatic heterocycles. The van der Waals surface area contributed by atoms with Crippen molar-refractivity contribution < 1.29 is 19.5 Å². The number of hydrogen-bond acceptors (Lipinski definition) is 4. The molecule has 0 radical (unpaired) electrons. The van der Waals surface area contributed by atoms with Crippen molar-refractivity contribution in [3.05, 3.63) is 29.8 Å². The molecule has 1 saturated heterocycles. The third kappa shape index (κ3) is 3.49. The first-order chi connectivity index (χ1) is 9.50. The maximum atomic E-state index is 12.2. The molecule has 1 aliphatic rings. The Morgan fingerprint density at radius 1 is 1.35 bits per heavy atom. The number of phenolic OH excluding ortho intramolecular Hbond substituents is 1. The van der Waals surface area contributed by atoms with Gasteiger partial charge in [0.05, 0.1) is 5.41 Å². The second-order valence-electron chi connectivity index (χ2n) is 5.52.